The Labute approximate surface area is 147 Å². The fourth-order valence-corrected chi connectivity index (χ4v) is 2.27. The standard InChI is InChI=1S/C19H14F3N3O/c20-14-6-4-12(5-7-14)9-24-15-8-13(10-23-11-15)19(26)25-18-16(21)2-1-3-17(18)22/h1-8,10-11,24H,9H2,(H,25,26). The third-order valence-corrected chi connectivity index (χ3v) is 3.61. The van der Waals surface area contributed by atoms with Gasteiger partial charge in [0.15, 0.2) is 0 Å². The van der Waals surface area contributed by atoms with Gasteiger partial charge in [-0.05, 0) is 35.9 Å². The lowest BCUT2D eigenvalue weighted by molar-refractivity contribution is 0.102. The first-order valence-electron chi connectivity index (χ1n) is 7.71. The van der Waals surface area contributed by atoms with Gasteiger partial charge < -0.3 is 10.6 Å². The maximum absolute atomic E-state index is 13.6. The number of hydrogen-bond acceptors (Lipinski definition) is 3. The van der Waals surface area contributed by atoms with Crippen molar-refractivity contribution >= 4 is 17.3 Å². The summed E-state index contributed by atoms with van der Waals surface area (Å²) in [5.41, 5.74) is 1.00. The molecule has 0 aliphatic rings. The number of aromatic nitrogens is 1. The summed E-state index contributed by atoms with van der Waals surface area (Å²) < 4.78 is 40.2. The SMILES string of the molecule is O=C(Nc1c(F)cccc1F)c1cncc(NCc2ccc(F)cc2)c1. The Hall–Kier alpha value is -3.35. The van der Waals surface area contributed by atoms with Crippen LogP contribution in [-0.2, 0) is 6.54 Å². The summed E-state index contributed by atoms with van der Waals surface area (Å²) >= 11 is 0. The number of rotatable bonds is 5. The van der Waals surface area contributed by atoms with Crippen molar-refractivity contribution in [3.8, 4) is 0 Å². The van der Waals surface area contributed by atoms with Crippen LogP contribution in [0.15, 0.2) is 60.9 Å². The third kappa shape index (κ3) is 4.18. The van der Waals surface area contributed by atoms with Crippen molar-refractivity contribution in [3.63, 3.8) is 0 Å². The van der Waals surface area contributed by atoms with Crippen LogP contribution in [0.25, 0.3) is 0 Å². The summed E-state index contributed by atoms with van der Waals surface area (Å²) in [5.74, 6) is -2.74. The van der Waals surface area contributed by atoms with Gasteiger partial charge in [-0.1, -0.05) is 18.2 Å². The molecule has 0 spiro atoms. The van der Waals surface area contributed by atoms with Gasteiger partial charge in [0.1, 0.15) is 23.1 Å². The number of amides is 1. The molecule has 3 aromatic rings. The van der Waals surface area contributed by atoms with Crippen molar-refractivity contribution in [2.45, 2.75) is 6.54 Å². The quantitative estimate of drug-likeness (QED) is 0.713. The molecule has 0 saturated heterocycles. The van der Waals surface area contributed by atoms with Gasteiger partial charge in [0.2, 0.25) is 0 Å². The summed E-state index contributed by atoms with van der Waals surface area (Å²) in [7, 11) is 0. The monoisotopic (exact) mass is 357 g/mol. The molecule has 0 aliphatic carbocycles. The number of para-hydroxylation sites is 1. The topological polar surface area (TPSA) is 54.0 Å². The summed E-state index contributed by atoms with van der Waals surface area (Å²) in [4.78, 5) is 16.2. The number of carbonyl (C=O) groups is 1. The molecule has 2 N–H and O–H groups in total. The number of benzene rings is 2. The molecule has 1 heterocycles. The molecular formula is C19H14F3N3O. The molecule has 0 atom stereocenters. The minimum Gasteiger partial charge on any atom is -0.380 e. The van der Waals surface area contributed by atoms with Gasteiger partial charge in [-0.15, -0.1) is 0 Å². The Balaban J connectivity index is 1.70. The largest absolute Gasteiger partial charge is 0.380 e. The van der Waals surface area contributed by atoms with E-state index in [1.165, 1.54) is 36.7 Å². The van der Waals surface area contributed by atoms with Crippen molar-refractivity contribution in [2.75, 3.05) is 10.6 Å². The van der Waals surface area contributed by atoms with E-state index in [-0.39, 0.29) is 11.4 Å². The van der Waals surface area contributed by atoms with Gasteiger partial charge in [-0.3, -0.25) is 9.78 Å². The van der Waals surface area contributed by atoms with Crippen molar-refractivity contribution < 1.29 is 18.0 Å². The van der Waals surface area contributed by atoms with E-state index in [4.69, 9.17) is 0 Å². The highest BCUT2D eigenvalue weighted by Gasteiger charge is 2.14. The Morgan fingerprint density at radius 1 is 0.962 bits per heavy atom. The molecule has 1 aromatic heterocycles. The van der Waals surface area contributed by atoms with Gasteiger partial charge in [0, 0.05) is 18.9 Å². The van der Waals surface area contributed by atoms with Crippen LogP contribution in [0.5, 0.6) is 0 Å². The van der Waals surface area contributed by atoms with Crippen molar-refractivity contribution in [3.05, 3.63) is 89.5 Å². The Morgan fingerprint density at radius 3 is 2.35 bits per heavy atom. The van der Waals surface area contributed by atoms with E-state index >= 15 is 0 Å². The molecule has 2 aromatic carbocycles. The first kappa shape index (κ1) is 17.5. The maximum Gasteiger partial charge on any atom is 0.257 e. The van der Waals surface area contributed by atoms with E-state index in [9.17, 15) is 18.0 Å². The zero-order chi connectivity index (χ0) is 18.5. The smallest absolute Gasteiger partial charge is 0.257 e. The number of nitrogens with zero attached hydrogens (tertiary/aromatic N) is 1. The molecule has 1 amide bonds. The number of hydrogen-bond donors (Lipinski definition) is 2. The van der Waals surface area contributed by atoms with Crippen LogP contribution in [-0.4, -0.2) is 10.9 Å². The van der Waals surface area contributed by atoms with E-state index in [0.717, 1.165) is 17.7 Å². The first-order valence-corrected chi connectivity index (χ1v) is 7.71. The molecule has 132 valence electrons. The van der Waals surface area contributed by atoms with E-state index in [1.807, 2.05) is 0 Å². The first-order chi connectivity index (χ1) is 12.5. The second kappa shape index (κ2) is 7.69. The lowest BCUT2D eigenvalue weighted by atomic mass is 10.2. The summed E-state index contributed by atoms with van der Waals surface area (Å²) in [6.45, 7) is 0.398. The molecule has 0 aliphatic heterocycles. The van der Waals surface area contributed by atoms with E-state index in [0.29, 0.717) is 12.2 Å². The van der Waals surface area contributed by atoms with Gasteiger partial charge >= 0.3 is 0 Å². The highest BCUT2D eigenvalue weighted by atomic mass is 19.1. The van der Waals surface area contributed by atoms with Crippen molar-refractivity contribution in [1.29, 1.82) is 0 Å². The third-order valence-electron chi connectivity index (χ3n) is 3.61. The number of halogens is 3. The van der Waals surface area contributed by atoms with Crippen LogP contribution < -0.4 is 10.6 Å². The second-order valence-electron chi connectivity index (χ2n) is 5.49. The fraction of sp³-hybridized carbons (Fsp3) is 0.0526. The number of pyridine rings is 1. The molecule has 4 nitrogen and oxygen atoms in total. The predicted octanol–water partition coefficient (Wildman–Crippen LogP) is 4.36. The molecule has 0 saturated carbocycles. The normalized spacial score (nSPS) is 10.4. The lowest BCUT2D eigenvalue weighted by Gasteiger charge is -2.10. The number of nitrogens with one attached hydrogen (secondary N) is 2. The zero-order valence-electron chi connectivity index (χ0n) is 13.5. The molecule has 3 rings (SSSR count). The van der Waals surface area contributed by atoms with Gasteiger partial charge in [0.05, 0.1) is 11.3 Å². The highest BCUT2D eigenvalue weighted by molar-refractivity contribution is 6.04. The maximum atomic E-state index is 13.6. The van der Waals surface area contributed by atoms with Gasteiger partial charge in [-0.25, -0.2) is 13.2 Å². The van der Waals surface area contributed by atoms with Crippen LogP contribution >= 0.6 is 0 Å². The van der Waals surface area contributed by atoms with Crippen LogP contribution in [0, 0.1) is 17.5 Å². The Bertz CT molecular complexity index is 909. The molecule has 0 bridgehead atoms. The van der Waals surface area contributed by atoms with Crippen LogP contribution in [0.3, 0.4) is 0 Å². The summed E-state index contributed by atoms with van der Waals surface area (Å²) in [6, 6.07) is 10.8. The van der Waals surface area contributed by atoms with E-state index < -0.39 is 23.2 Å². The second-order valence-corrected chi connectivity index (χ2v) is 5.49. The molecule has 26 heavy (non-hydrogen) atoms. The van der Waals surface area contributed by atoms with E-state index in [2.05, 4.69) is 15.6 Å². The minimum atomic E-state index is -0.864. The molecule has 7 heteroatoms. The van der Waals surface area contributed by atoms with Gasteiger partial charge in [0.25, 0.3) is 5.91 Å². The van der Waals surface area contributed by atoms with Crippen LogP contribution in [0.1, 0.15) is 15.9 Å². The predicted molar refractivity (Wildman–Crippen MR) is 92.3 cm³/mol. The average Bonchev–Trinajstić information content (AvgIpc) is 2.64. The summed E-state index contributed by atoms with van der Waals surface area (Å²) in [6.07, 6.45) is 2.79. The molecule has 0 radical (unpaired) electrons. The number of carbonyl (C=O) groups excluding carboxylic acids is 1. The van der Waals surface area contributed by atoms with Crippen molar-refractivity contribution in [2.24, 2.45) is 0 Å². The minimum absolute atomic E-state index is 0.136. The average molecular weight is 357 g/mol. The Kier molecular flexibility index (Phi) is 5.17. The molecule has 0 fully saturated rings. The number of anilines is 2. The Morgan fingerprint density at radius 2 is 1.65 bits per heavy atom. The van der Waals surface area contributed by atoms with Crippen LogP contribution in [0.4, 0.5) is 24.5 Å². The molecule has 0 unspecified atom stereocenters. The zero-order valence-corrected chi connectivity index (χ0v) is 13.5. The van der Waals surface area contributed by atoms with Gasteiger partial charge in [-0.2, -0.15) is 0 Å². The molecular weight excluding hydrogens is 343 g/mol. The fourth-order valence-electron chi connectivity index (χ4n) is 2.27. The van der Waals surface area contributed by atoms with Crippen LogP contribution in [0.2, 0.25) is 0 Å². The van der Waals surface area contributed by atoms with E-state index in [1.54, 1.807) is 12.1 Å². The van der Waals surface area contributed by atoms with Crippen molar-refractivity contribution in [1.82, 2.24) is 4.98 Å². The summed E-state index contributed by atoms with van der Waals surface area (Å²) in [5, 5.41) is 5.25. The highest BCUT2D eigenvalue weighted by Crippen LogP contribution is 2.19. The lowest BCUT2D eigenvalue weighted by Crippen LogP contribution is -2.15.